The number of hydrogen-bond donors (Lipinski definition) is 2. The van der Waals surface area contributed by atoms with Crippen molar-refractivity contribution in [2.24, 2.45) is 11.8 Å². The highest BCUT2D eigenvalue weighted by atomic mass is 16.6. The second kappa shape index (κ2) is 6.53. The van der Waals surface area contributed by atoms with Crippen molar-refractivity contribution >= 4 is 5.97 Å². The summed E-state index contributed by atoms with van der Waals surface area (Å²) in [5.74, 6) is -0.136. The molecule has 5 atom stereocenters. The highest BCUT2D eigenvalue weighted by Gasteiger charge is 2.48. The molecule has 0 spiro atoms. The summed E-state index contributed by atoms with van der Waals surface area (Å²) in [7, 11) is 0. The zero-order valence-electron chi connectivity index (χ0n) is 11.5. The Morgan fingerprint density at radius 3 is 3.00 bits per heavy atom. The van der Waals surface area contributed by atoms with Crippen LogP contribution in [0.3, 0.4) is 0 Å². The first-order valence-electron chi connectivity index (χ1n) is 7.35. The molecule has 1 aliphatic heterocycles. The third-order valence-electron chi connectivity index (χ3n) is 4.23. The van der Waals surface area contributed by atoms with Crippen LogP contribution in [0.4, 0.5) is 0 Å². The lowest BCUT2D eigenvalue weighted by atomic mass is 9.91. The number of ether oxygens (including phenoxy) is 1. The van der Waals surface area contributed by atoms with E-state index >= 15 is 0 Å². The van der Waals surface area contributed by atoms with Gasteiger partial charge in [-0.15, -0.1) is 0 Å². The molecule has 4 nitrogen and oxygen atoms in total. The van der Waals surface area contributed by atoms with E-state index in [1.54, 1.807) is 6.08 Å². The Bertz CT molecular complexity index is 339. The van der Waals surface area contributed by atoms with Crippen molar-refractivity contribution in [3.05, 3.63) is 12.2 Å². The van der Waals surface area contributed by atoms with Gasteiger partial charge in [-0.3, -0.25) is 4.79 Å². The first kappa shape index (κ1) is 14.5. The van der Waals surface area contributed by atoms with Gasteiger partial charge in [-0.05, 0) is 6.42 Å². The summed E-state index contributed by atoms with van der Waals surface area (Å²) in [5.41, 5.74) is 0. The molecule has 2 N–H and O–H groups in total. The van der Waals surface area contributed by atoms with Crippen molar-refractivity contribution in [3.63, 3.8) is 0 Å². The van der Waals surface area contributed by atoms with Crippen LogP contribution in [0.2, 0.25) is 0 Å². The van der Waals surface area contributed by atoms with Crippen LogP contribution in [0.15, 0.2) is 12.2 Å². The predicted octanol–water partition coefficient (Wildman–Crippen LogP) is 1.80. The molecule has 0 bridgehead atoms. The molecule has 0 aromatic rings. The Hall–Kier alpha value is -0.870. The van der Waals surface area contributed by atoms with Gasteiger partial charge in [0, 0.05) is 18.3 Å². The van der Waals surface area contributed by atoms with E-state index in [4.69, 9.17) is 4.74 Å². The number of rotatable bonds is 6. The molecule has 2 rings (SSSR count). The number of aliphatic hydroxyl groups excluding tert-OH is 2. The average molecular weight is 268 g/mol. The standard InChI is InChI=1S/C15H24O4/c1-2-3-4-5-10(16)6-7-11-12-8-15(18)19-14(12)9-13(11)17/h6-7,10-14,16-17H,2-5,8-9H2,1H3/t10-,11?,12+,13+,14?/m0/s1. The minimum Gasteiger partial charge on any atom is -0.462 e. The second-order valence-electron chi connectivity index (χ2n) is 5.72. The summed E-state index contributed by atoms with van der Waals surface area (Å²) in [6.07, 6.45) is 7.58. The van der Waals surface area contributed by atoms with E-state index in [0.717, 1.165) is 25.7 Å². The summed E-state index contributed by atoms with van der Waals surface area (Å²) < 4.78 is 5.18. The van der Waals surface area contributed by atoms with E-state index in [1.165, 1.54) is 0 Å². The minimum atomic E-state index is -0.456. The molecule has 1 saturated carbocycles. The molecular weight excluding hydrogens is 244 g/mol. The molecule has 4 heteroatoms. The number of aliphatic hydroxyl groups is 2. The summed E-state index contributed by atoms with van der Waals surface area (Å²) in [5, 5.41) is 19.8. The van der Waals surface area contributed by atoms with Gasteiger partial charge >= 0.3 is 5.97 Å². The molecule has 2 fully saturated rings. The van der Waals surface area contributed by atoms with Gasteiger partial charge in [-0.2, -0.15) is 0 Å². The first-order chi connectivity index (χ1) is 9.11. The Morgan fingerprint density at radius 1 is 1.47 bits per heavy atom. The van der Waals surface area contributed by atoms with Crippen LogP contribution in [0, 0.1) is 11.8 Å². The van der Waals surface area contributed by atoms with Gasteiger partial charge in [0.05, 0.1) is 18.6 Å². The van der Waals surface area contributed by atoms with Gasteiger partial charge in [0.1, 0.15) is 6.10 Å². The van der Waals surface area contributed by atoms with Crippen molar-refractivity contribution in [1.29, 1.82) is 0 Å². The smallest absolute Gasteiger partial charge is 0.306 e. The minimum absolute atomic E-state index is 0.0581. The fraction of sp³-hybridized carbons (Fsp3) is 0.800. The summed E-state index contributed by atoms with van der Waals surface area (Å²) in [6, 6.07) is 0. The van der Waals surface area contributed by atoms with Crippen molar-refractivity contribution in [2.45, 2.75) is 63.8 Å². The van der Waals surface area contributed by atoms with Crippen molar-refractivity contribution in [1.82, 2.24) is 0 Å². The largest absolute Gasteiger partial charge is 0.462 e. The van der Waals surface area contributed by atoms with Gasteiger partial charge in [0.25, 0.3) is 0 Å². The van der Waals surface area contributed by atoms with Gasteiger partial charge in [0.15, 0.2) is 0 Å². The molecule has 1 saturated heterocycles. The Kier molecular flexibility index (Phi) is 4.99. The lowest BCUT2D eigenvalue weighted by molar-refractivity contribution is -0.141. The number of esters is 1. The zero-order chi connectivity index (χ0) is 13.8. The average Bonchev–Trinajstić information content (AvgIpc) is 2.82. The number of hydrogen-bond acceptors (Lipinski definition) is 4. The fourth-order valence-corrected chi connectivity index (χ4v) is 3.14. The molecule has 0 radical (unpaired) electrons. The van der Waals surface area contributed by atoms with Crippen molar-refractivity contribution in [3.8, 4) is 0 Å². The third kappa shape index (κ3) is 3.57. The molecule has 19 heavy (non-hydrogen) atoms. The third-order valence-corrected chi connectivity index (χ3v) is 4.23. The number of unbranched alkanes of at least 4 members (excludes halogenated alkanes) is 2. The molecule has 0 amide bonds. The molecular formula is C15H24O4. The van der Waals surface area contributed by atoms with E-state index in [2.05, 4.69) is 6.92 Å². The van der Waals surface area contributed by atoms with E-state index in [-0.39, 0.29) is 23.9 Å². The molecule has 2 aliphatic rings. The van der Waals surface area contributed by atoms with Crippen LogP contribution in [-0.2, 0) is 9.53 Å². The van der Waals surface area contributed by atoms with Crippen LogP contribution in [-0.4, -0.2) is 34.5 Å². The summed E-state index contributed by atoms with van der Waals surface area (Å²) in [4.78, 5) is 11.2. The highest BCUT2D eigenvalue weighted by molar-refractivity contribution is 5.72. The maximum atomic E-state index is 11.2. The molecule has 0 aromatic heterocycles. The first-order valence-corrected chi connectivity index (χ1v) is 7.35. The molecule has 1 heterocycles. The second-order valence-corrected chi connectivity index (χ2v) is 5.72. The lowest BCUT2D eigenvalue weighted by Gasteiger charge is -2.15. The van der Waals surface area contributed by atoms with Gasteiger partial charge in [-0.1, -0.05) is 38.3 Å². The van der Waals surface area contributed by atoms with E-state index in [9.17, 15) is 15.0 Å². The van der Waals surface area contributed by atoms with Crippen LogP contribution in [0.25, 0.3) is 0 Å². The number of fused-ring (bicyclic) bond motifs is 1. The topological polar surface area (TPSA) is 66.8 Å². The van der Waals surface area contributed by atoms with Crippen LogP contribution >= 0.6 is 0 Å². The van der Waals surface area contributed by atoms with E-state index in [0.29, 0.717) is 12.8 Å². The molecule has 2 unspecified atom stereocenters. The van der Waals surface area contributed by atoms with Gasteiger partial charge in [0.2, 0.25) is 0 Å². The summed E-state index contributed by atoms with van der Waals surface area (Å²) in [6.45, 7) is 2.13. The predicted molar refractivity (Wildman–Crippen MR) is 71.4 cm³/mol. The Balaban J connectivity index is 1.85. The fourth-order valence-electron chi connectivity index (χ4n) is 3.14. The number of carbonyl (C=O) groups is 1. The molecule has 0 aromatic carbocycles. The van der Waals surface area contributed by atoms with Crippen molar-refractivity contribution < 1.29 is 19.7 Å². The lowest BCUT2D eigenvalue weighted by Crippen LogP contribution is -2.18. The number of carbonyl (C=O) groups excluding carboxylic acids is 1. The molecule has 1 aliphatic carbocycles. The SMILES string of the molecule is CCCCC[C@H](O)C=CC1[C@H]2CC(=O)OC2C[C@H]1O. The maximum Gasteiger partial charge on any atom is 0.306 e. The van der Waals surface area contributed by atoms with Gasteiger partial charge in [-0.25, -0.2) is 0 Å². The quantitative estimate of drug-likeness (QED) is 0.438. The normalized spacial score (nSPS) is 35.6. The van der Waals surface area contributed by atoms with Crippen LogP contribution < -0.4 is 0 Å². The van der Waals surface area contributed by atoms with Crippen LogP contribution in [0.1, 0.15) is 45.4 Å². The highest BCUT2D eigenvalue weighted by Crippen LogP contribution is 2.42. The zero-order valence-corrected chi connectivity index (χ0v) is 11.5. The Labute approximate surface area is 114 Å². The molecule has 108 valence electrons. The maximum absolute atomic E-state index is 11.2. The van der Waals surface area contributed by atoms with E-state index < -0.39 is 12.2 Å². The van der Waals surface area contributed by atoms with E-state index in [1.807, 2.05) is 6.08 Å². The summed E-state index contributed by atoms with van der Waals surface area (Å²) >= 11 is 0. The monoisotopic (exact) mass is 268 g/mol. The van der Waals surface area contributed by atoms with Crippen LogP contribution in [0.5, 0.6) is 0 Å². The van der Waals surface area contributed by atoms with Crippen molar-refractivity contribution in [2.75, 3.05) is 0 Å². The van der Waals surface area contributed by atoms with Gasteiger partial charge < -0.3 is 14.9 Å². The Morgan fingerprint density at radius 2 is 2.26 bits per heavy atom.